The van der Waals surface area contributed by atoms with E-state index in [1.807, 2.05) is 19.9 Å². The summed E-state index contributed by atoms with van der Waals surface area (Å²) in [6, 6.07) is 4.93. The molecular weight excluding hydrogens is 284 g/mol. The molecule has 0 aromatic heterocycles. The summed E-state index contributed by atoms with van der Waals surface area (Å²) < 4.78 is 15.8. The largest absolute Gasteiger partial charge is 0.489 e. The summed E-state index contributed by atoms with van der Waals surface area (Å²) in [4.78, 5) is 23.0. The molecule has 1 aromatic carbocycles. The highest BCUT2D eigenvalue weighted by Gasteiger charge is 2.12. The summed E-state index contributed by atoms with van der Waals surface area (Å²) >= 11 is 0. The van der Waals surface area contributed by atoms with Crippen molar-refractivity contribution in [2.45, 2.75) is 27.7 Å². The van der Waals surface area contributed by atoms with E-state index in [1.54, 1.807) is 25.1 Å². The molecule has 5 nitrogen and oxygen atoms in total. The van der Waals surface area contributed by atoms with Crippen molar-refractivity contribution in [3.63, 3.8) is 0 Å². The minimum Gasteiger partial charge on any atom is -0.489 e. The second-order valence-electron chi connectivity index (χ2n) is 4.90. The van der Waals surface area contributed by atoms with Gasteiger partial charge < -0.3 is 14.2 Å². The zero-order chi connectivity index (χ0) is 16.5. The van der Waals surface area contributed by atoms with E-state index in [0.29, 0.717) is 23.7 Å². The summed E-state index contributed by atoms with van der Waals surface area (Å²) in [5.74, 6) is 0.263. The predicted molar refractivity (Wildman–Crippen MR) is 83.5 cm³/mol. The molecule has 0 spiro atoms. The lowest BCUT2D eigenvalue weighted by molar-refractivity contribution is -0.145. The minimum absolute atomic E-state index is 0.144. The average molecular weight is 306 g/mol. The number of benzene rings is 1. The topological polar surface area (TPSA) is 61.8 Å². The fourth-order valence-corrected chi connectivity index (χ4v) is 1.65. The fourth-order valence-electron chi connectivity index (χ4n) is 1.65. The third-order valence-corrected chi connectivity index (χ3v) is 2.72. The van der Waals surface area contributed by atoms with Gasteiger partial charge in [-0.1, -0.05) is 5.57 Å². The number of ketones is 1. The Morgan fingerprint density at radius 1 is 1.14 bits per heavy atom. The van der Waals surface area contributed by atoms with Gasteiger partial charge in [-0.25, -0.2) is 4.79 Å². The van der Waals surface area contributed by atoms with E-state index in [9.17, 15) is 9.59 Å². The fraction of sp³-hybridized carbons (Fsp3) is 0.412. The van der Waals surface area contributed by atoms with E-state index in [1.165, 1.54) is 6.92 Å². The quantitative estimate of drug-likeness (QED) is 0.419. The van der Waals surface area contributed by atoms with Crippen LogP contribution in [0.1, 0.15) is 38.1 Å². The standard InChI is InChI=1S/C17H22O5/c1-5-20-17(19)11-22-16-10-14(21-9-8-12(2)3)6-7-15(16)13(4)18/h6-8,10H,5,9,11H2,1-4H3. The van der Waals surface area contributed by atoms with Crippen LogP contribution in [0.5, 0.6) is 11.5 Å². The van der Waals surface area contributed by atoms with Crippen LogP contribution in [0.2, 0.25) is 0 Å². The molecule has 5 heteroatoms. The highest BCUT2D eigenvalue weighted by atomic mass is 16.6. The number of ether oxygens (including phenoxy) is 3. The van der Waals surface area contributed by atoms with Crippen LogP contribution in [-0.4, -0.2) is 31.6 Å². The molecule has 0 aliphatic rings. The van der Waals surface area contributed by atoms with Gasteiger partial charge in [0.05, 0.1) is 12.2 Å². The first-order valence-corrected chi connectivity index (χ1v) is 7.13. The molecule has 0 aliphatic carbocycles. The highest BCUT2D eigenvalue weighted by Crippen LogP contribution is 2.25. The van der Waals surface area contributed by atoms with Gasteiger partial charge in [0.15, 0.2) is 12.4 Å². The van der Waals surface area contributed by atoms with Crippen LogP contribution in [0, 0.1) is 0 Å². The Morgan fingerprint density at radius 3 is 2.45 bits per heavy atom. The normalized spacial score (nSPS) is 9.82. The molecule has 0 N–H and O–H groups in total. The molecule has 0 aliphatic heterocycles. The smallest absolute Gasteiger partial charge is 0.344 e. The Morgan fingerprint density at radius 2 is 1.86 bits per heavy atom. The summed E-state index contributed by atoms with van der Waals surface area (Å²) in [6.45, 7) is 7.59. The molecule has 0 fully saturated rings. The summed E-state index contributed by atoms with van der Waals surface area (Å²) in [5.41, 5.74) is 1.55. The molecule has 0 heterocycles. The molecular formula is C17H22O5. The number of allylic oxidation sites excluding steroid dienone is 1. The summed E-state index contributed by atoms with van der Waals surface area (Å²) in [7, 11) is 0. The molecule has 0 saturated heterocycles. The van der Waals surface area contributed by atoms with Gasteiger partial charge >= 0.3 is 5.97 Å². The highest BCUT2D eigenvalue weighted by molar-refractivity contribution is 5.97. The van der Waals surface area contributed by atoms with Crippen molar-refractivity contribution in [3.05, 3.63) is 35.4 Å². The molecule has 0 bridgehead atoms. The van der Waals surface area contributed by atoms with Crippen LogP contribution in [0.3, 0.4) is 0 Å². The van der Waals surface area contributed by atoms with Crippen LogP contribution >= 0.6 is 0 Å². The molecule has 120 valence electrons. The van der Waals surface area contributed by atoms with E-state index >= 15 is 0 Å². The zero-order valence-electron chi connectivity index (χ0n) is 13.5. The maximum absolute atomic E-state index is 11.6. The minimum atomic E-state index is -0.479. The van der Waals surface area contributed by atoms with E-state index in [-0.39, 0.29) is 19.0 Å². The van der Waals surface area contributed by atoms with E-state index in [0.717, 1.165) is 5.57 Å². The molecule has 0 unspecified atom stereocenters. The van der Waals surface area contributed by atoms with Crippen LogP contribution in [0.4, 0.5) is 0 Å². The van der Waals surface area contributed by atoms with Crippen molar-refractivity contribution in [1.82, 2.24) is 0 Å². The second-order valence-corrected chi connectivity index (χ2v) is 4.90. The van der Waals surface area contributed by atoms with E-state index in [4.69, 9.17) is 14.2 Å². The summed E-state index contributed by atoms with van der Waals surface area (Å²) in [5, 5.41) is 0. The maximum Gasteiger partial charge on any atom is 0.344 e. The number of Topliss-reactive ketones (excluding diaryl/α,β-unsaturated/α-hetero) is 1. The average Bonchev–Trinajstić information content (AvgIpc) is 2.45. The van der Waals surface area contributed by atoms with Crippen molar-refractivity contribution < 1.29 is 23.8 Å². The molecule has 0 amide bonds. The SMILES string of the molecule is CCOC(=O)COc1cc(OCC=C(C)C)ccc1C(C)=O. The molecule has 0 saturated carbocycles. The molecule has 1 rings (SSSR count). The Balaban J connectivity index is 2.83. The lowest BCUT2D eigenvalue weighted by Crippen LogP contribution is -2.15. The lowest BCUT2D eigenvalue weighted by atomic mass is 10.1. The summed E-state index contributed by atoms with van der Waals surface area (Å²) in [6.07, 6.45) is 1.94. The lowest BCUT2D eigenvalue weighted by Gasteiger charge is -2.11. The Bertz CT molecular complexity index is 556. The Hall–Kier alpha value is -2.30. The maximum atomic E-state index is 11.6. The second kappa shape index (κ2) is 8.87. The van der Waals surface area contributed by atoms with Crippen molar-refractivity contribution in [1.29, 1.82) is 0 Å². The zero-order valence-corrected chi connectivity index (χ0v) is 13.5. The van der Waals surface area contributed by atoms with Gasteiger partial charge in [-0.2, -0.15) is 0 Å². The van der Waals surface area contributed by atoms with Crippen molar-refractivity contribution in [2.75, 3.05) is 19.8 Å². The first-order chi connectivity index (χ1) is 10.4. The molecule has 0 atom stereocenters. The Labute approximate surface area is 130 Å². The van der Waals surface area contributed by atoms with Gasteiger partial charge in [-0.3, -0.25) is 4.79 Å². The van der Waals surface area contributed by atoms with Gasteiger partial charge in [-0.05, 0) is 45.9 Å². The van der Waals surface area contributed by atoms with Crippen LogP contribution < -0.4 is 9.47 Å². The van der Waals surface area contributed by atoms with Crippen molar-refractivity contribution in [2.24, 2.45) is 0 Å². The van der Waals surface area contributed by atoms with Gasteiger partial charge in [0.1, 0.15) is 18.1 Å². The monoisotopic (exact) mass is 306 g/mol. The third kappa shape index (κ3) is 5.99. The van der Waals surface area contributed by atoms with Gasteiger partial charge in [0.25, 0.3) is 0 Å². The van der Waals surface area contributed by atoms with Crippen LogP contribution in [0.25, 0.3) is 0 Å². The molecule has 1 aromatic rings. The number of hydrogen-bond acceptors (Lipinski definition) is 5. The first kappa shape index (κ1) is 17.8. The number of hydrogen-bond donors (Lipinski definition) is 0. The van der Waals surface area contributed by atoms with Gasteiger partial charge in [-0.15, -0.1) is 0 Å². The molecule has 0 radical (unpaired) electrons. The Kier molecular flexibility index (Phi) is 7.16. The first-order valence-electron chi connectivity index (χ1n) is 7.13. The van der Waals surface area contributed by atoms with Gasteiger partial charge in [0.2, 0.25) is 0 Å². The number of rotatable bonds is 8. The third-order valence-electron chi connectivity index (χ3n) is 2.72. The van der Waals surface area contributed by atoms with Crippen molar-refractivity contribution >= 4 is 11.8 Å². The van der Waals surface area contributed by atoms with Crippen LogP contribution in [-0.2, 0) is 9.53 Å². The number of carbonyl (C=O) groups excluding carboxylic acids is 2. The number of carbonyl (C=O) groups is 2. The molecule has 22 heavy (non-hydrogen) atoms. The van der Waals surface area contributed by atoms with E-state index < -0.39 is 5.97 Å². The predicted octanol–water partition coefficient (Wildman–Crippen LogP) is 3.18. The van der Waals surface area contributed by atoms with E-state index in [2.05, 4.69) is 0 Å². The van der Waals surface area contributed by atoms with Crippen LogP contribution in [0.15, 0.2) is 29.8 Å². The van der Waals surface area contributed by atoms with Gasteiger partial charge in [0, 0.05) is 6.07 Å². The van der Waals surface area contributed by atoms with Crippen molar-refractivity contribution in [3.8, 4) is 11.5 Å². The number of esters is 1.